The molecule has 1 N–H and O–H groups in total. The van der Waals surface area contributed by atoms with E-state index in [4.69, 9.17) is 16.2 Å². The molecule has 4 nitrogen and oxygen atoms in total. The van der Waals surface area contributed by atoms with Gasteiger partial charge < -0.3 is 0 Å². The minimum Gasteiger partial charge on any atom is -0.293 e. The molecule has 0 saturated carbocycles. The summed E-state index contributed by atoms with van der Waals surface area (Å²) in [6.45, 7) is 0. The van der Waals surface area contributed by atoms with Crippen LogP contribution in [-0.2, 0) is 10.1 Å². The Morgan fingerprint density at radius 1 is 1.50 bits per heavy atom. The molecule has 7 heteroatoms. The van der Waals surface area contributed by atoms with Crippen LogP contribution in [0.2, 0.25) is 4.34 Å². The van der Waals surface area contributed by atoms with Crippen LogP contribution in [0.25, 0.3) is 0 Å². The van der Waals surface area contributed by atoms with Gasteiger partial charge in [0.25, 0.3) is 10.1 Å². The first-order valence-corrected chi connectivity index (χ1v) is 6.42. The van der Waals surface area contributed by atoms with Crippen molar-refractivity contribution in [2.75, 3.05) is 5.75 Å². The average Bonchev–Trinajstić information content (AvgIpc) is 2.46. The third-order valence-electron chi connectivity index (χ3n) is 1.44. The monoisotopic (exact) mass is 254 g/mol. The molecule has 1 heterocycles. The van der Waals surface area contributed by atoms with E-state index in [1.165, 1.54) is 6.07 Å². The molecule has 1 aromatic rings. The summed E-state index contributed by atoms with van der Waals surface area (Å²) < 4.78 is 29.6. The van der Waals surface area contributed by atoms with E-state index in [0.29, 0.717) is 9.21 Å². The van der Waals surface area contributed by atoms with Crippen molar-refractivity contribution in [2.24, 2.45) is 0 Å². The van der Waals surface area contributed by atoms with E-state index < -0.39 is 15.9 Å². The van der Waals surface area contributed by atoms with Gasteiger partial charge >= 0.3 is 0 Å². The summed E-state index contributed by atoms with van der Waals surface area (Å²) >= 11 is 6.68. The van der Waals surface area contributed by atoms with Crippen LogP contribution in [0.3, 0.4) is 0 Å². The molecule has 0 saturated heterocycles. The topological polar surface area (TPSA) is 71.4 Å². The van der Waals surface area contributed by atoms with E-state index in [9.17, 15) is 13.2 Å². The maximum absolute atomic E-state index is 11.3. The van der Waals surface area contributed by atoms with Crippen molar-refractivity contribution in [3.8, 4) is 0 Å². The zero-order chi connectivity index (χ0) is 10.8. The Labute approximate surface area is 90.3 Å². The molecule has 0 radical (unpaired) electrons. The third kappa shape index (κ3) is 3.75. The second kappa shape index (κ2) is 4.39. The highest BCUT2D eigenvalue weighted by atomic mass is 35.5. The van der Waals surface area contributed by atoms with Crippen LogP contribution in [0.4, 0.5) is 0 Å². The summed E-state index contributed by atoms with van der Waals surface area (Å²) in [5.74, 6) is -0.888. The van der Waals surface area contributed by atoms with Gasteiger partial charge in [-0.1, -0.05) is 11.6 Å². The van der Waals surface area contributed by atoms with Gasteiger partial charge in [-0.25, -0.2) is 0 Å². The van der Waals surface area contributed by atoms with Gasteiger partial charge in [-0.15, -0.1) is 11.3 Å². The standard InChI is InChI=1S/C7H7ClO4S2/c8-7-2-1-6(13-7)5(9)3-4-14(10,11)12/h1-2H,3-4H2,(H,10,11,12). The second-order valence-electron chi connectivity index (χ2n) is 2.56. The first-order valence-electron chi connectivity index (χ1n) is 3.62. The number of ketones is 1. The van der Waals surface area contributed by atoms with Crippen LogP contribution in [0.1, 0.15) is 16.1 Å². The highest BCUT2D eigenvalue weighted by Gasteiger charge is 2.13. The molecule has 0 amide bonds. The number of hydrogen-bond donors (Lipinski definition) is 1. The van der Waals surface area contributed by atoms with E-state index >= 15 is 0 Å². The Hall–Kier alpha value is -0.430. The lowest BCUT2D eigenvalue weighted by Gasteiger charge is -1.94. The van der Waals surface area contributed by atoms with Gasteiger partial charge in [-0.05, 0) is 12.1 Å². The fourth-order valence-electron chi connectivity index (χ4n) is 0.809. The molecule has 0 bridgehead atoms. The molecular formula is C7H7ClO4S2. The number of carbonyl (C=O) groups is 1. The Morgan fingerprint density at radius 2 is 2.14 bits per heavy atom. The Morgan fingerprint density at radius 3 is 2.57 bits per heavy atom. The van der Waals surface area contributed by atoms with Crippen molar-refractivity contribution in [3.05, 3.63) is 21.3 Å². The molecular weight excluding hydrogens is 248 g/mol. The van der Waals surface area contributed by atoms with Crippen molar-refractivity contribution < 1.29 is 17.8 Å². The molecule has 78 valence electrons. The summed E-state index contributed by atoms with van der Waals surface area (Å²) in [6.07, 6.45) is -0.227. The van der Waals surface area contributed by atoms with E-state index in [1.807, 2.05) is 0 Å². The fourth-order valence-corrected chi connectivity index (χ4v) is 2.26. The smallest absolute Gasteiger partial charge is 0.265 e. The van der Waals surface area contributed by atoms with Crippen LogP contribution in [0.5, 0.6) is 0 Å². The normalized spacial score (nSPS) is 11.6. The molecule has 0 atom stereocenters. The van der Waals surface area contributed by atoms with Gasteiger partial charge in [0.1, 0.15) is 0 Å². The highest BCUT2D eigenvalue weighted by molar-refractivity contribution is 7.85. The molecule has 0 aromatic carbocycles. The van der Waals surface area contributed by atoms with Crippen molar-refractivity contribution >= 4 is 38.8 Å². The fraction of sp³-hybridized carbons (Fsp3) is 0.286. The Bertz CT molecular complexity index is 434. The summed E-state index contributed by atoms with van der Waals surface area (Å²) in [5.41, 5.74) is 0. The largest absolute Gasteiger partial charge is 0.293 e. The third-order valence-corrected chi connectivity index (χ3v) is 3.43. The van der Waals surface area contributed by atoms with Gasteiger partial charge in [0.2, 0.25) is 0 Å². The van der Waals surface area contributed by atoms with Crippen molar-refractivity contribution in [2.45, 2.75) is 6.42 Å². The maximum atomic E-state index is 11.3. The lowest BCUT2D eigenvalue weighted by atomic mass is 10.3. The molecule has 1 aromatic heterocycles. The zero-order valence-electron chi connectivity index (χ0n) is 6.94. The van der Waals surface area contributed by atoms with Crippen molar-refractivity contribution in [3.63, 3.8) is 0 Å². The molecule has 0 spiro atoms. The van der Waals surface area contributed by atoms with Gasteiger partial charge in [-0.3, -0.25) is 9.35 Å². The SMILES string of the molecule is O=C(CCS(=O)(=O)O)c1ccc(Cl)s1. The van der Waals surface area contributed by atoms with Crippen molar-refractivity contribution in [1.82, 2.24) is 0 Å². The molecule has 14 heavy (non-hydrogen) atoms. The number of Topliss-reactive ketones (excluding diaryl/α,β-unsaturated/α-hetero) is 1. The number of halogens is 1. The molecule has 0 unspecified atom stereocenters. The summed E-state index contributed by atoms with van der Waals surface area (Å²) in [5, 5.41) is 0. The van der Waals surface area contributed by atoms with Crippen LogP contribution in [0, 0.1) is 0 Å². The zero-order valence-corrected chi connectivity index (χ0v) is 9.32. The summed E-state index contributed by atoms with van der Waals surface area (Å²) in [7, 11) is -4.07. The summed E-state index contributed by atoms with van der Waals surface area (Å²) in [6, 6.07) is 3.09. The summed E-state index contributed by atoms with van der Waals surface area (Å²) in [4.78, 5) is 11.7. The van der Waals surface area contributed by atoms with E-state index in [0.717, 1.165) is 11.3 Å². The van der Waals surface area contributed by atoms with E-state index in [-0.39, 0.29) is 12.2 Å². The van der Waals surface area contributed by atoms with E-state index in [1.54, 1.807) is 6.07 Å². The first-order chi connectivity index (χ1) is 6.38. The van der Waals surface area contributed by atoms with Crippen LogP contribution in [-0.4, -0.2) is 24.5 Å². The number of rotatable bonds is 4. The number of thiophene rings is 1. The minimum atomic E-state index is -4.07. The van der Waals surface area contributed by atoms with Crippen LogP contribution >= 0.6 is 22.9 Å². The molecule has 0 aliphatic heterocycles. The molecule has 0 aliphatic carbocycles. The van der Waals surface area contributed by atoms with Gasteiger partial charge in [0.15, 0.2) is 5.78 Å². The van der Waals surface area contributed by atoms with Gasteiger partial charge in [0.05, 0.1) is 15.0 Å². The lowest BCUT2D eigenvalue weighted by molar-refractivity contribution is 0.0992. The van der Waals surface area contributed by atoms with Gasteiger partial charge in [0, 0.05) is 6.42 Å². The van der Waals surface area contributed by atoms with Gasteiger partial charge in [-0.2, -0.15) is 8.42 Å². The number of hydrogen-bond acceptors (Lipinski definition) is 4. The van der Waals surface area contributed by atoms with Crippen LogP contribution < -0.4 is 0 Å². The molecule has 0 aliphatic rings. The predicted octanol–water partition coefficient (Wildman–Crippen LogP) is 1.86. The quantitative estimate of drug-likeness (QED) is 0.658. The predicted molar refractivity (Wildman–Crippen MR) is 54.7 cm³/mol. The second-order valence-corrected chi connectivity index (χ2v) is 5.85. The molecule has 0 fully saturated rings. The first kappa shape index (κ1) is 11.6. The Kier molecular flexibility index (Phi) is 3.65. The van der Waals surface area contributed by atoms with E-state index in [2.05, 4.69) is 0 Å². The van der Waals surface area contributed by atoms with Crippen LogP contribution in [0.15, 0.2) is 12.1 Å². The van der Waals surface area contributed by atoms with Crippen molar-refractivity contribution in [1.29, 1.82) is 0 Å². The number of carbonyl (C=O) groups excluding carboxylic acids is 1. The molecule has 1 rings (SSSR count). The lowest BCUT2D eigenvalue weighted by Crippen LogP contribution is -2.09. The Balaban J connectivity index is 2.60. The highest BCUT2D eigenvalue weighted by Crippen LogP contribution is 2.22. The maximum Gasteiger partial charge on any atom is 0.265 e. The minimum absolute atomic E-state index is 0.227. The average molecular weight is 255 g/mol.